The van der Waals surface area contributed by atoms with Crippen molar-refractivity contribution in [3.8, 4) is 11.1 Å². The zero-order valence-electron chi connectivity index (χ0n) is 16.4. The number of rotatable bonds is 6. The molecule has 1 saturated heterocycles. The zero-order chi connectivity index (χ0) is 19.4. The molecule has 0 aromatic carbocycles. The fraction of sp³-hybridized carbons (Fsp3) is 0.500. The molecule has 1 unspecified atom stereocenters. The molecule has 1 amide bonds. The van der Waals surface area contributed by atoms with Crippen LogP contribution in [0.4, 0.5) is 5.82 Å². The van der Waals surface area contributed by atoms with E-state index in [4.69, 9.17) is 5.73 Å². The van der Waals surface area contributed by atoms with Gasteiger partial charge in [0, 0.05) is 36.6 Å². The number of aryl methyl sites for hydroxylation is 1. The van der Waals surface area contributed by atoms with Crippen LogP contribution in [-0.4, -0.2) is 59.5 Å². The largest absolute Gasteiger partial charge is 0.367 e. The summed E-state index contributed by atoms with van der Waals surface area (Å²) in [6.07, 6.45) is 5.99. The minimum atomic E-state index is -0.143. The molecule has 0 spiro atoms. The van der Waals surface area contributed by atoms with Gasteiger partial charge >= 0.3 is 0 Å². The molecule has 3 heterocycles. The summed E-state index contributed by atoms with van der Waals surface area (Å²) < 4.78 is 0. The van der Waals surface area contributed by atoms with Crippen molar-refractivity contribution < 1.29 is 4.79 Å². The Morgan fingerprint density at radius 1 is 1.41 bits per heavy atom. The average molecular weight is 371 g/mol. The van der Waals surface area contributed by atoms with Crippen molar-refractivity contribution in [3.05, 3.63) is 35.8 Å². The summed E-state index contributed by atoms with van der Waals surface area (Å²) in [5.74, 6) is 0.740. The van der Waals surface area contributed by atoms with Gasteiger partial charge in [-0.2, -0.15) is 0 Å². The summed E-state index contributed by atoms with van der Waals surface area (Å²) in [4.78, 5) is 22.2. The first-order chi connectivity index (χ1) is 13.0. The predicted octanol–water partition coefficient (Wildman–Crippen LogP) is 1.97. The molecule has 1 aliphatic heterocycles. The number of carbonyl (C=O) groups is 1. The van der Waals surface area contributed by atoms with Crippen molar-refractivity contribution in [1.82, 2.24) is 20.2 Å². The van der Waals surface area contributed by atoms with Gasteiger partial charge in [0.05, 0.1) is 0 Å². The van der Waals surface area contributed by atoms with Gasteiger partial charge in [0.2, 0.25) is 0 Å². The lowest BCUT2D eigenvalue weighted by Gasteiger charge is -2.29. The first-order valence-electron chi connectivity index (χ1n) is 9.57. The van der Waals surface area contributed by atoms with Gasteiger partial charge in [0.25, 0.3) is 5.91 Å². The third-order valence-corrected chi connectivity index (χ3v) is 5.14. The molecular weight excluding hydrogens is 340 g/mol. The average Bonchev–Trinajstić information content (AvgIpc) is 3.15. The van der Waals surface area contributed by atoms with Gasteiger partial charge in [-0.3, -0.25) is 4.79 Å². The number of aromatic nitrogens is 2. The standard InChI is InChI=1S/C20H30N6O/c1-13-11-23-19(25-16-4-6-26(3)7-5-16)9-17(13)15-8-18(22-12-15)20(27)24-14(2)10-21/h8-9,11-12,14,16,22H,4-7,10,21H2,1-3H3,(H,23,25)(H,24,27). The molecule has 1 fully saturated rings. The SMILES string of the molecule is Cc1cnc(NC2CCN(C)CC2)cc1-c1c[nH]c(C(=O)NC(C)CN)c1. The number of nitrogens with two attached hydrogens (primary N) is 1. The number of H-pyrrole nitrogens is 1. The Bertz CT molecular complexity index is 779. The minimum absolute atomic E-state index is 0.0581. The maximum atomic E-state index is 12.3. The summed E-state index contributed by atoms with van der Waals surface area (Å²) in [5, 5.41) is 6.43. The van der Waals surface area contributed by atoms with Crippen molar-refractivity contribution in [2.75, 3.05) is 32.0 Å². The van der Waals surface area contributed by atoms with Crippen LogP contribution in [0, 0.1) is 6.92 Å². The van der Waals surface area contributed by atoms with E-state index < -0.39 is 0 Å². The fourth-order valence-electron chi connectivity index (χ4n) is 3.32. The highest BCUT2D eigenvalue weighted by Crippen LogP contribution is 2.27. The fourth-order valence-corrected chi connectivity index (χ4v) is 3.32. The normalized spacial score (nSPS) is 16.9. The maximum absolute atomic E-state index is 12.3. The smallest absolute Gasteiger partial charge is 0.267 e. The second kappa shape index (κ2) is 8.54. The van der Waals surface area contributed by atoms with E-state index in [1.165, 1.54) is 0 Å². The Labute approximate surface area is 160 Å². The van der Waals surface area contributed by atoms with E-state index in [-0.39, 0.29) is 11.9 Å². The van der Waals surface area contributed by atoms with E-state index in [2.05, 4.69) is 38.6 Å². The van der Waals surface area contributed by atoms with Gasteiger partial charge in [0.15, 0.2) is 0 Å². The molecule has 7 heteroatoms. The lowest BCUT2D eigenvalue weighted by molar-refractivity contribution is 0.0937. The predicted molar refractivity (Wildman–Crippen MR) is 109 cm³/mol. The van der Waals surface area contributed by atoms with E-state index in [0.29, 0.717) is 18.3 Å². The van der Waals surface area contributed by atoms with Crippen molar-refractivity contribution in [2.45, 2.75) is 38.8 Å². The van der Waals surface area contributed by atoms with Gasteiger partial charge in [0.1, 0.15) is 11.5 Å². The summed E-state index contributed by atoms with van der Waals surface area (Å²) in [7, 11) is 2.16. The molecule has 7 nitrogen and oxygen atoms in total. The number of amides is 1. The van der Waals surface area contributed by atoms with Crippen LogP contribution in [0.1, 0.15) is 35.8 Å². The number of hydrogen-bond donors (Lipinski definition) is 4. The lowest BCUT2D eigenvalue weighted by Crippen LogP contribution is -2.37. The van der Waals surface area contributed by atoms with Crippen molar-refractivity contribution >= 4 is 11.7 Å². The summed E-state index contributed by atoms with van der Waals surface area (Å²) in [6, 6.07) is 4.34. The molecular formula is C20H30N6O. The third kappa shape index (κ3) is 4.87. The number of pyridine rings is 1. The molecule has 2 aromatic heterocycles. The molecule has 5 N–H and O–H groups in total. The number of hydrogen-bond acceptors (Lipinski definition) is 5. The van der Waals surface area contributed by atoms with E-state index in [9.17, 15) is 4.79 Å². The third-order valence-electron chi connectivity index (χ3n) is 5.14. The highest BCUT2D eigenvalue weighted by atomic mass is 16.1. The number of nitrogens with one attached hydrogen (secondary N) is 3. The van der Waals surface area contributed by atoms with Gasteiger partial charge < -0.3 is 26.3 Å². The number of anilines is 1. The van der Waals surface area contributed by atoms with Gasteiger partial charge in [-0.15, -0.1) is 0 Å². The number of aromatic amines is 1. The van der Waals surface area contributed by atoms with Crippen LogP contribution < -0.4 is 16.4 Å². The summed E-state index contributed by atoms with van der Waals surface area (Å²) >= 11 is 0. The van der Waals surface area contributed by atoms with E-state index in [1.807, 2.05) is 32.3 Å². The Morgan fingerprint density at radius 3 is 2.85 bits per heavy atom. The van der Waals surface area contributed by atoms with Crippen LogP contribution in [0.25, 0.3) is 11.1 Å². The molecule has 1 aliphatic rings. The lowest BCUT2D eigenvalue weighted by atomic mass is 10.0. The van der Waals surface area contributed by atoms with Crippen LogP contribution in [-0.2, 0) is 0 Å². The Kier molecular flexibility index (Phi) is 6.13. The number of piperidine rings is 1. The second-order valence-electron chi connectivity index (χ2n) is 7.52. The quantitative estimate of drug-likeness (QED) is 0.623. The Morgan fingerprint density at radius 2 is 2.15 bits per heavy atom. The van der Waals surface area contributed by atoms with Crippen LogP contribution >= 0.6 is 0 Å². The monoisotopic (exact) mass is 370 g/mol. The maximum Gasteiger partial charge on any atom is 0.267 e. The molecule has 27 heavy (non-hydrogen) atoms. The molecule has 0 aliphatic carbocycles. The second-order valence-corrected chi connectivity index (χ2v) is 7.52. The zero-order valence-corrected chi connectivity index (χ0v) is 16.4. The van der Waals surface area contributed by atoms with Crippen LogP contribution in [0.15, 0.2) is 24.5 Å². The highest BCUT2D eigenvalue weighted by molar-refractivity contribution is 5.94. The number of likely N-dealkylation sites (tertiary alicyclic amines) is 1. The topological polar surface area (TPSA) is 99.1 Å². The summed E-state index contributed by atoms with van der Waals surface area (Å²) in [5.41, 5.74) is 9.23. The first-order valence-corrected chi connectivity index (χ1v) is 9.57. The van der Waals surface area contributed by atoms with E-state index >= 15 is 0 Å². The molecule has 0 radical (unpaired) electrons. The van der Waals surface area contributed by atoms with Crippen molar-refractivity contribution in [3.63, 3.8) is 0 Å². The van der Waals surface area contributed by atoms with Gasteiger partial charge in [-0.05, 0) is 70.1 Å². The van der Waals surface area contributed by atoms with Crippen LogP contribution in [0.2, 0.25) is 0 Å². The van der Waals surface area contributed by atoms with Gasteiger partial charge in [-0.25, -0.2) is 4.98 Å². The summed E-state index contributed by atoms with van der Waals surface area (Å²) in [6.45, 7) is 6.54. The van der Waals surface area contributed by atoms with Crippen LogP contribution in [0.3, 0.4) is 0 Å². The Hall–Kier alpha value is -2.38. The van der Waals surface area contributed by atoms with Crippen LogP contribution in [0.5, 0.6) is 0 Å². The molecule has 0 saturated carbocycles. The van der Waals surface area contributed by atoms with E-state index in [0.717, 1.165) is 48.4 Å². The van der Waals surface area contributed by atoms with Crippen molar-refractivity contribution in [2.24, 2.45) is 5.73 Å². The van der Waals surface area contributed by atoms with Crippen molar-refractivity contribution in [1.29, 1.82) is 0 Å². The molecule has 3 rings (SSSR count). The minimum Gasteiger partial charge on any atom is -0.367 e. The number of carbonyl (C=O) groups excluding carboxylic acids is 1. The number of nitrogens with zero attached hydrogens (tertiary/aromatic N) is 2. The molecule has 0 bridgehead atoms. The molecule has 2 aromatic rings. The van der Waals surface area contributed by atoms with Gasteiger partial charge in [-0.1, -0.05) is 0 Å². The van der Waals surface area contributed by atoms with E-state index in [1.54, 1.807) is 0 Å². The highest BCUT2D eigenvalue weighted by Gasteiger charge is 2.18. The first kappa shape index (κ1) is 19.4. The molecule has 1 atom stereocenters. The molecule has 146 valence electrons. The Balaban J connectivity index is 1.74.